The quantitative estimate of drug-likeness (QED) is 0.582. The second kappa shape index (κ2) is 10.7. The highest BCUT2D eigenvalue weighted by atomic mass is 35.5. The number of amides is 2. The fourth-order valence-corrected chi connectivity index (χ4v) is 2.83. The molecule has 2 aromatic rings. The maximum Gasteiger partial charge on any atom is 0.260 e. The fourth-order valence-electron chi connectivity index (χ4n) is 2.66. The summed E-state index contributed by atoms with van der Waals surface area (Å²) >= 11 is 5.75. The van der Waals surface area contributed by atoms with Crippen LogP contribution in [-0.4, -0.2) is 53.9 Å². The molecular weight excluding hydrogens is 423 g/mol. The lowest BCUT2D eigenvalue weighted by molar-refractivity contribution is -0.141. The summed E-state index contributed by atoms with van der Waals surface area (Å²) in [4.78, 5) is 27.3. The normalized spacial score (nSPS) is 15.9. The van der Waals surface area contributed by atoms with Crippen LogP contribution < -0.4 is 5.73 Å². The number of halogens is 4. The van der Waals surface area contributed by atoms with Crippen LogP contribution >= 0.6 is 11.6 Å². The van der Waals surface area contributed by atoms with Gasteiger partial charge in [0.2, 0.25) is 5.91 Å². The van der Waals surface area contributed by atoms with Crippen molar-refractivity contribution in [3.05, 3.63) is 65.6 Å². The third-order valence-electron chi connectivity index (χ3n) is 4.16. The Kier molecular flexibility index (Phi) is 8.37. The topological polar surface area (TPSA) is 85.5 Å². The molecule has 1 aliphatic heterocycles. The van der Waals surface area contributed by atoms with Crippen LogP contribution in [0, 0.1) is 5.82 Å². The fraction of sp³-hybridized carbons (Fsp3) is 0.250. The Morgan fingerprint density at radius 3 is 2.67 bits per heavy atom. The Labute approximate surface area is 176 Å². The number of benzene rings is 1. The van der Waals surface area contributed by atoms with Crippen LogP contribution in [0.15, 0.2) is 49.1 Å². The standard InChI is InChI=1S/C12H8ClFN2O.C8H11F2NO2/c13-11-3-1-2-10(16-11)7-4-5-9(14)8(6-7)12(15)17;1-2-7(12)11-3-4-13-5-6(11)8(9)10/h1-6H,(H2,15,17);2,6,8H,1,3-5H2. The first kappa shape index (κ1) is 23.4. The number of alkyl halides is 2. The molecule has 2 heterocycles. The van der Waals surface area contributed by atoms with Gasteiger partial charge in [-0.3, -0.25) is 9.59 Å². The van der Waals surface area contributed by atoms with Crippen molar-refractivity contribution in [1.82, 2.24) is 9.88 Å². The highest BCUT2D eigenvalue weighted by Gasteiger charge is 2.32. The van der Waals surface area contributed by atoms with Gasteiger partial charge in [-0.2, -0.15) is 0 Å². The van der Waals surface area contributed by atoms with Crippen molar-refractivity contribution < 1.29 is 27.5 Å². The molecule has 0 spiro atoms. The number of aromatic nitrogens is 1. The Hall–Kier alpha value is -2.91. The Morgan fingerprint density at radius 2 is 2.07 bits per heavy atom. The van der Waals surface area contributed by atoms with Crippen LogP contribution in [0.3, 0.4) is 0 Å². The number of pyridine rings is 1. The van der Waals surface area contributed by atoms with Crippen LogP contribution in [0.1, 0.15) is 10.4 Å². The molecule has 0 radical (unpaired) electrons. The maximum atomic E-state index is 13.3. The molecule has 1 aromatic heterocycles. The molecule has 0 aliphatic carbocycles. The summed E-state index contributed by atoms with van der Waals surface area (Å²) in [6, 6.07) is 7.99. The second-order valence-corrected chi connectivity index (χ2v) is 6.50. The first-order valence-electron chi connectivity index (χ1n) is 8.75. The molecule has 1 aliphatic rings. The first-order chi connectivity index (χ1) is 14.2. The van der Waals surface area contributed by atoms with E-state index in [0.29, 0.717) is 23.0 Å². The summed E-state index contributed by atoms with van der Waals surface area (Å²) in [6.45, 7) is 3.67. The first-order valence-corrected chi connectivity index (χ1v) is 9.13. The lowest BCUT2D eigenvalue weighted by Gasteiger charge is -2.34. The SMILES string of the molecule is C=CC(=O)N1CCOCC1C(F)F.NC(=O)c1cc(-c2cccc(Cl)n2)ccc1F. The largest absolute Gasteiger partial charge is 0.377 e. The minimum absolute atomic E-state index is 0.1000. The summed E-state index contributed by atoms with van der Waals surface area (Å²) in [7, 11) is 0. The number of primary amides is 1. The zero-order valence-electron chi connectivity index (χ0n) is 15.7. The van der Waals surface area contributed by atoms with Gasteiger partial charge in [-0.1, -0.05) is 24.2 Å². The van der Waals surface area contributed by atoms with Crippen LogP contribution in [0.25, 0.3) is 11.3 Å². The van der Waals surface area contributed by atoms with E-state index in [0.717, 1.165) is 11.0 Å². The Bertz CT molecular complexity index is 927. The van der Waals surface area contributed by atoms with E-state index in [4.69, 9.17) is 22.1 Å². The van der Waals surface area contributed by atoms with E-state index < -0.39 is 30.1 Å². The lowest BCUT2D eigenvalue weighted by Crippen LogP contribution is -2.51. The third kappa shape index (κ3) is 6.04. The molecule has 30 heavy (non-hydrogen) atoms. The molecule has 10 heteroatoms. The zero-order chi connectivity index (χ0) is 22.3. The Balaban J connectivity index is 0.000000222. The molecule has 1 saturated heterocycles. The molecule has 1 unspecified atom stereocenters. The predicted molar refractivity (Wildman–Crippen MR) is 106 cm³/mol. The van der Waals surface area contributed by atoms with Gasteiger partial charge in [-0.25, -0.2) is 18.2 Å². The zero-order valence-corrected chi connectivity index (χ0v) is 16.5. The monoisotopic (exact) mass is 441 g/mol. The molecule has 3 rings (SSSR count). The summed E-state index contributed by atoms with van der Waals surface area (Å²) in [5.74, 6) is -1.93. The summed E-state index contributed by atoms with van der Waals surface area (Å²) < 4.78 is 42.8. The van der Waals surface area contributed by atoms with E-state index in [9.17, 15) is 22.8 Å². The second-order valence-electron chi connectivity index (χ2n) is 6.12. The summed E-state index contributed by atoms with van der Waals surface area (Å²) in [5, 5.41) is 0.326. The minimum atomic E-state index is -2.57. The van der Waals surface area contributed by atoms with E-state index >= 15 is 0 Å². The van der Waals surface area contributed by atoms with Gasteiger partial charge in [0.25, 0.3) is 12.3 Å². The number of hydrogen-bond donors (Lipinski definition) is 1. The summed E-state index contributed by atoms with van der Waals surface area (Å²) in [6.07, 6.45) is -1.52. The van der Waals surface area contributed by atoms with E-state index in [1.54, 1.807) is 18.2 Å². The number of rotatable bonds is 4. The molecule has 6 nitrogen and oxygen atoms in total. The molecule has 0 bridgehead atoms. The molecule has 2 amide bonds. The van der Waals surface area contributed by atoms with Gasteiger partial charge in [0, 0.05) is 12.1 Å². The summed E-state index contributed by atoms with van der Waals surface area (Å²) in [5.41, 5.74) is 6.04. The van der Waals surface area contributed by atoms with Crippen LogP contribution in [0.2, 0.25) is 5.15 Å². The highest BCUT2D eigenvalue weighted by molar-refractivity contribution is 6.29. The minimum Gasteiger partial charge on any atom is -0.377 e. The van der Waals surface area contributed by atoms with Gasteiger partial charge >= 0.3 is 0 Å². The molecule has 1 atom stereocenters. The van der Waals surface area contributed by atoms with E-state index in [1.165, 1.54) is 18.2 Å². The van der Waals surface area contributed by atoms with Crippen LogP contribution in [0.4, 0.5) is 13.2 Å². The molecule has 160 valence electrons. The average molecular weight is 442 g/mol. The van der Waals surface area contributed by atoms with Gasteiger partial charge in [-0.15, -0.1) is 0 Å². The lowest BCUT2D eigenvalue weighted by atomic mass is 10.1. The van der Waals surface area contributed by atoms with Crippen molar-refractivity contribution in [3.63, 3.8) is 0 Å². The molecule has 0 saturated carbocycles. The van der Waals surface area contributed by atoms with Crippen molar-refractivity contribution in [2.24, 2.45) is 5.73 Å². The predicted octanol–water partition coefficient (Wildman–Crippen LogP) is 3.30. The number of nitrogens with zero attached hydrogens (tertiary/aromatic N) is 2. The van der Waals surface area contributed by atoms with Gasteiger partial charge in [-0.05, 0) is 36.4 Å². The molecular formula is C20H19ClF3N3O3. The number of carbonyl (C=O) groups excluding carboxylic acids is 2. The van der Waals surface area contributed by atoms with Gasteiger partial charge in [0.1, 0.15) is 17.0 Å². The number of nitrogens with two attached hydrogens (primary N) is 1. The van der Waals surface area contributed by atoms with Crippen LogP contribution in [-0.2, 0) is 9.53 Å². The maximum absolute atomic E-state index is 13.3. The number of hydrogen-bond acceptors (Lipinski definition) is 4. The highest BCUT2D eigenvalue weighted by Crippen LogP contribution is 2.21. The van der Waals surface area contributed by atoms with Gasteiger partial charge < -0.3 is 15.4 Å². The average Bonchev–Trinajstić information content (AvgIpc) is 2.73. The van der Waals surface area contributed by atoms with Crippen molar-refractivity contribution in [1.29, 1.82) is 0 Å². The van der Waals surface area contributed by atoms with Crippen molar-refractivity contribution in [2.45, 2.75) is 12.5 Å². The van der Waals surface area contributed by atoms with Gasteiger partial charge in [0.05, 0.1) is 24.5 Å². The Morgan fingerprint density at radius 1 is 1.33 bits per heavy atom. The van der Waals surface area contributed by atoms with E-state index in [-0.39, 0.29) is 18.7 Å². The van der Waals surface area contributed by atoms with Crippen molar-refractivity contribution >= 4 is 23.4 Å². The van der Waals surface area contributed by atoms with Gasteiger partial charge in [0.15, 0.2) is 0 Å². The molecule has 2 N–H and O–H groups in total. The van der Waals surface area contributed by atoms with E-state index in [2.05, 4.69) is 11.6 Å². The van der Waals surface area contributed by atoms with Crippen molar-refractivity contribution in [2.75, 3.05) is 19.8 Å². The number of morpholine rings is 1. The smallest absolute Gasteiger partial charge is 0.260 e. The number of carbonyl (C=O) groups is 2. The van der Waals surface area contributed by atoms with E-state index in [1.807, 2.05) is 0 Å². The number of ether oxygens (including phenoxy) is 1. The van der Waals surface area contributed by atoms with Crippen molar-refractivity contribution in [3.8, 4) is 11.3 Å². The molecule has 1 fully saturated rings. The third-order valence-corrected chi connectivity index (χ3v) is 4.37. The molecule has 1 aromatic carbocycles. The van der Waals surface area contributed by atoms with Crippen LogP contribution in [0.5, 0.6) is 0 Å².